The Kier molecular flexibility index (Phi) is 56.9. The van der Waals surface area contributed by atoms with E-state index in [1.807, 2.05) is 0 Å². The van der Waals surface area contributed by atoms with E-state index in [1.165, 1.54) is 77.0 Å². The number of unbranched alkanes of at least 4 members (excludes halogenated alkanes) is 22. The Bertz CT molecular complexity index is 1540. The van der Waals surface area contributed by atoms with Crippen LogP contribution in [0.25, 0.3) is 0 Å². The molecule has 0 rings (SSSR count). The molecule has 0 aromatic carbocycles. The van der Waals surface area contributed by atoms with E-state index in [1.54, 1.807) is 0 Å². The number of carbonyl (C=O) groups is 3. The van der Waals surface area contributed by atoms with E-state index in [0.717, 1.165) is 148 Å². The summed E-state index contributed by atoms with van der Waals surface area (Å²) in [4.78, 5) is 38.3. The van der Waals surface area contributed by atoms with E-state index < -0.39 is 6.10 Å². The van der Waals surface area contributed by atoms with E-state index in [4.69, 9.17) is 14.2 Å². The van der Waals surface area contributed by atoms with Crippen molar-refractivity contribution in [2.24, 2.45) is 0 Å². The lowest BCUT2D eigenvalue weighted by molar-refractivity contribution is -0.167. The maximum absolute atomic E-state index is 12.9. The molecule has 0 N–H and O–H groups in total. The summed E-state index contributed by atoms with van der Waals surface area (Å²) in [7, 11) is 0. The maximum atomic E-state index is 12.9. The molecule has 6 nitrogen and oxygen atoms in total. The molecule has 0 heterocycles. The first-order valence-electron chi connectivity index (χ1n) is 30.0. The van der Waals surface area contributed by atoms with E-state index in [2.05, 4.69) is 142 Å². The van der Waals surface area contributed by atoms with Gasteiger partial charge in [0.25, 0.3) is 0 Å². The first-order valence-corrected chi connectivity index (χ1v) is 30.0. The molecule has 0 fully saturated rings. The van der Waals surface area contributed by atoms with Crippen molar-refractivity contribution in [1.82, 2.24) is 0 Å². The third-order valence-corrected chi connectivity index (χ3v) is 12.4. The molecule has 0 aromatic rings. The molecule has 0 amide bonds. The predicted octanol–water partition coefficient (Wildman–Crippen LogP) is 20.4. The smallest absolute Gasteiger partial charge is 0.306 e. The zero-order valence-electron chi connectivity index (χ0n) is 47.4. The second-order valence-electron chi connectivity index (χ2n) is 19.5. The van der Waals surface area contributed by atoms with Crippen molar-refractivity contribution in [2.45, 2.75) is 271 Å². The number of hydrogen-bond acceptors (Lipinski definition) is 6. The minimum atomic E-state index is -0.806. The van der Waals surface area contributed by atoms with Gasteiger partial charge >= 0.3 is 17.9 Å². The van der Waals surface area contributed by atoms with E-state index in [-0.39, 0.29) is 31.1 Å². The Morgan fingerprint density at radius 2 is 0.534 bits per heavy atom. The van der Waals surface area contributed by atoms with Crippen LogP contribution in [-0.4, -0.2) is 37.2 Å². The fraction of sp³-hybridized carbons (Fsp3) is 0.657. The van der Waals surface area contributed by atoms with Crippen molar-refractivity contribution in [1.29, 1.82) is 0 Å². The summed E-state index contributed by atoms with van der Waals surface area (Å²) in [5, 5.41) is 0. The molecule has 0 bridgehead atoms. The van der Waals surface area contributed by atoms with Crippen molar-refractivity contribution >= 4 is 17.9 Å². The first-order chi connectivity index (χ1) is 36.0. The summed E-state index contributed by atoms with van der Waals surface area (Å²) >= 11 is 0. The Morgan fingerprint density at radius 3 is 0.836 bits per heavy atom. The number of ether oxygens (including phenoxy) is 3. The van der Waals surface area contributed by atoms with Gasteiger partial charge < -0.3 is 14.2 Å². The molecule has 0 saturated heterocycles. The molecule has 0 saturated carbocycles. The second-order valence-corrected chi connectivity index (χ2v) is 19.5. The highest BCUT2D eigenvalue weighted by Crippen LogP contribution is 2.14. The van der Waals surface area contributed by atoms with Crippen LogP contribution >= 0.6 is 0 Å². The number of carbonyl (C=O) groups excluding carboxylic acids is 3. The number of hydrogen-bond donors (Lipinski definition) is 0. The van der Waals surface area contributed by atoms with Crippen molar-refractivity contribution in [2.75, 3.05) is 13.2 Å². The number of rotatable bonds is 53. The molecule has 414 valence electrons. The average molecular weight is 1010 g/mol. The second kappa shape index (κ2) is 60.4. The van der Waals surface area contributed by atoms with Gasteiger partial charge in [-0.2, -0.15) is 0 Å². The highest BCUT2D eigenvalue weighted by molar-refractivity contribution is 5.71. The number of allylic oxidation sites excluding steroid dienone is 20. The van der Waals surface area contributed by atoms with Gasteiger partial charge in [0.2, 0.25) is 0 Å². The lowest BCUT2D eigenvalue weighted by Crippen LogP contribution is -2.30. The van der Waals surface area contributed by atoms with Gasteiger partial charge in [-0.3, -0.25) is 14.4 Å². The standard InChI is InChI=1S/C67H110O6/c1-4-7-10-13-16-19-22-25-28-31-33-36-39-42-45-48-51-54-57-60-66(69)72-63-64(62-71-65(68)59-56-53-50-47-44-41-38-35-30-27-24-21-18-15-12-9-6-3)73-67(70)61-58-55-52-49-46-43-40-37-34-32-29-26-23-20-17-14-11-8-5-2/h9,12,16-21,25-30,33-34,36-38,41,64H,4-8,10-11,13-15,22-24,31-32,35,39-40,42-63H2,1-3H3/b12-9-,19-16-,20-17-,21-18-,28-25-,29-26-,30-27-,36-33-,37-34-,41-38-. The zero-order valence-corrected chi connectivity index (χ0v) is 47.4. The Labute approximate surface area is 450 Å². The summed E-state index contributed by atoms with van der Waals surface area (Å²) in [6, 6.07) is 0. The van der Waals surface area contributed by atoms with Gasteiger partial charge in [-0.25, -0.2) is 0 Å². The fourth-order valence-corrected chi connectivity index (χ4v) is 7.92. The van der Waals surface area contributed by atoms with Crippen LogP contribution in [0.3, 0.4) is 0 Å². The summed E-state index contributed by atoms with van der Waals surface area (Å²) in [6.07, 6.45) is 83.2. The normalized spacial score (nSPS) is 13.0. The molecule has 0 aromatic heterocycles. The largest absolute Gasteiger partial charge is 0.462 e. The summed E-state index contributed by atoms with van der Waals surface area (Å²) < 4.78 is 16.9. The van der Waals surface area contributed by atoms with E-state index >= 15 is 0 Å². The zero-order chi connectivity index (χ0) is 52.9. The Hall–Kier alpha value is -4.19. The van der Waals surface area contributed by atoms with Crippen molar-refractivity contribution in [3.63, 3.8) is 0 Å². The topological polar surface area (TPSA) is 78.9 Å². The molecule has 73 heavy (non-hydrogen) atoms. The van der Waals surface area contributed by atoms with Crippen LogP contribution in [0.15, 0.2) is 122 Å². The van der Waals surface area contributed by atoms with Gasteiger partial charge in [0.15, 0.2) is 6.10 Å². The molecule has 6 heteroatoms. The molecular weight excluding hydrogens is 901 g/mol. The van der Waals surface area contributed by atoms with Gasteiger partial charge in [0.1, 0.15) is 13.2 Å². The van der Waals surface area contributed by atoms with Crippen molar-refractivity contribution in [3.05, 3.63) is 122 Å². The van der Waals surface area contributed by atoms with Crippen LogP contribution in [0.1, 0.15) is 265 Å². The summed E-state index contributed by atoms with van der Waals surface area (Å²) in [5.74, 6) is -0.949. The quantitative estimate of drug-likeness (QED) is 0.0261. The van der Waals surface area contributed by atoms with Gasteiger partial charge in [0.05, 0.1) is 0 Å². The monoisotopic (exact) mass is 1010 g/mol. The Morgan fingerprint density at radius 1 is 0.288 bits per heavy atom. The molecule has 1 unspecified atom stereocenters. The lowest BCUT2D eigenvalue weighted by atomic mass is 10.1. The van der Waals surface area contributed by atoms with Gasteiger partial charge in [-0.05, 0) is 135 Å². The minimum Gasteiger partial charge on any atom is -0.462 e. The van der Waals surface area contributed by atoms with Crippen LogP contribution < -0.4 is 0 Å². The van der Waals surface area contributed by atoms with Crippen LogP contribution in [0.2, 0.25) is 0 Å². The third kappa shape index (κ3) is 58.6. The van der Waals surface area contributed by atoms with Crippen LogP contribution in [-0.2, 0) is 28.6 Å². The van der Waals surface area contributed by atoms with Gasteiger partial charge in [0, 0.05) is 19.3 Å². The number of esters is 3. The molecule has 0 aliphatic heterocycles. The maximum Gasteiger partial charge on any atom is 0.306 e. The fourth-order valence-electron chi connectivity index (χ4n) is 7.92. The van der Waals surface area contributed by atoms with Crippen LogP contribution in [0.4, 0.5) is 0 Å². The van der Waals surface area contributed by atoms with Crippen molar-refractivity contribution < 1.29 is 28.6 Å². The molecule has 1 atom stereocenters. The van der Waals surface area contributed by atoms with Gasteiger partial charge in [-0.1, -0.05) is 232 Å². The minimum absolute atomic E-state index is 0.101. The molecule has 0 aliphatic carbocycles. The van der Waals surface area contributed by atoms with Crippen LogP contribution in [0, 0.1) is 0 Å². The van der Waals surface area contributed by atoms with Crippen molar-refractivity contribution in [3.8, 4) is 0 Å². The van der Waals surface area contributed by atoms with Gasteiger partial charge in [-0.15, -0.1) is 0 Å². The van der Waals surface area contributed by atoms with E-state index in [9.17, 15) is 14.4 Å². The summed E-state index contributed by atoms with van der Waals surface area (Å²) in [6.45, 7) is 6.43. The summed E-state index contributed by atoms with van der Waals surface area (Å²) in [5.41, 5.74) is 0. The average Bonchev–Trinajstić information content (AvgIpc) is 3.39. The van der Waals surface area contributed by atoms with E-state index in [0.29, 0.717) is 19.3 Å². The molecule has 0 aliphatic rings. The van der Waals surface area contributed by atoms with Crippen LogP contribution in [0.5, 0.6) is 0 Å². The Balaban J connectivity index is 4.50. The third-order valence-electron chi connectivity index (χ3n) is 12.4. The SMILES string of the molecule is CC/C=C\C/C=C\C/C=C\C/C=C\CCCCCCC(=O)OCC(COC(=O)CCCCCCCC/C=C\C/C=C\C/C=C\CCCCC)OC(=O)CCCCCCCC/C=C\C/C=C\C/C=C\CCCCC. The predicted molar refractivity (Wildman–Crippen MR) is 316 cm³/mol. The molecule has 0 radical (unpaired) electrons. The highest BCUT2D eigenvalue weighted by atomic mass is 16.6. The first kappa shape index (κ1) is 68.8. The lowest BCUT2D eigenvalue weighted by Gasteiger charge is -2.18. The molecular formula is C67H110O6. The highest BCUT2D eigenvalue weighted by Gasteiger charge is 2.19. The molecule has 0 spiro atoms.